The quantitative estimate of drug-likeness (QED) is 0.750. The maximum Gasteiger partial charge on any atom is 0.254 e. The molecule has 0 aliphatic carbocycles. The highest BCUT2D eigenvalue weighted by Crippen LogP contribution is 2.11. The summed E-state index contributed by atoms with van der Waals surface area (Å²) in [6, 6.07) is 0.0576. The van der Waals surface area contributed by atoms with E-state index in [1.165, 1.54) is 0 Å². The molecule has 2 heterocycles. The summed E-state index contributed by atoms with van der Waals surface area (Å²) in [4.78, 5) is 19.2. The SMILES string of the molecule is CNC(C)c1nc2c(c(=O)[nH]1)CCOCC2. The Morgan fingerprint density at radius 3 is 2.94 bits per heavy atom. The monoisotopic (exact) mass is 223 g/mol. The van der Waals surface area contributed by atoms with E-state index in [9.17, 15) is 4.79 Å². The van der Waals surface area contributed by atoms with Crippen molar-refractivity contribution in [1.82, 2.24) is 15.3 Å². The van der Waals surface area contributed by atoms with Crippen molar-refractivity contribution in [2.24, 2.45) is 0 Å². The number of fused-ring (bicyclic) bond motifs is 1. The molecule has 5 nitrogen and oxygen atoms in total. The summed E-state index contributed by atoms with van der Waals surface area (Å²) in [6.07, 6.45) is 1.38. The molecule has 0 saturated carbocycles. The fourth-order valence-electron chi connectivity index (χ4n) is 1.82. The molecule has 1 aliphatic rings. The van der Waals surface area contributed by atoms with Gasteiger partial charge < -0.3 is 15.0 Å². The molecular formula is C11H17N3O2. The Hall–Kier alpha value is -1.20. The summed E-state index contributed by atoms with van der Waals surface area (Å²) in [5, 5.41) is 3.07. The van der Waals surface area contributed by atoms with E-state index in [0.29, 0.717) is 25.5 Å². The average Bonchev–Trinajstić information content (AvgIpc) is 2.53. The number of hydrogen-bond donors (Lipinski definition) is 2. The lowest BCUT2D eigenvalue weighted by Gasteiger charge is -2.11. The van der Waals surface area contributed by atoms with Crippen molar-refractivity contribution >= 4 is 0 Å². The van der Waals surface area contributed by atoms with Crippen LogP contribution in [0.25, 0.3) is 0 Å². The molecule has 2 N–H and O–H groups in total. The predicted molar refractivity (Wildman–Crippen MR) is 60.6 cm³/mol. The third-order valence-corrected chi connectivity index (χ3v) is 2.94. The minimum atomic E-state index is -0.0207. The molecule has 0 spiro atoms. The van der Waals surface area contributed by atoms with Gasteiger partial charge in [-0.2, -0.15) is 0 Å². The number of H-pyrrole nitrogens is 1. The molecule has 0 radical (unpaired) electrons. The highest BCUT2D eigenvalue weighted by molar-refractivity contribution is 5.20. The van der Waals surface area contributed by atoms with Crippen LogP contribution in [-0.2, 0) is 17.6 Å². The van der Waals surface area contributed by atoms with Crippen LogP contribution >= 0.6 is 0 Å². The van der Waals surface area contributed by atoms with Crippen LogP contribution in [0.5, 0.6) is 0 Å². The van der Waals surface area contributed by atoms with Crippen LogP contribution in [0.4, 0.5) is 0 Å². The topological polar surface area (TPSA) is 67.0 Å². The van der Waals surface area contributed by atoms with Crippen molar-refractivity contribution in [2.75, 3.05) is 20.3 Å². The normalized spacial score (nSPS) is 17.6. The van der Waals surface area contributed by atoms with Crippen molar-refractivity contribution in [2.45, 2.75) is 25.8 Å². The Kier molecular flexibility index (Phi) is 3.36. The molecule has 16 heavy (non-hydrogen) atoms. The summed E-state index contributed by atoms with van der Waals surface area (Å²) in [6.45, 7) is 3.23. The lowest BCUT2D eigenvalue weighted by atomic mass is 10.1. The second-order valence-electron chi connectivity index (χ2n) is 4.00. The van der Waals surface area contributed by atoms with Crippen molar-refractivity contribution in [1.29, 1.82) is 0 Å². The van der Waals surface area contributed by atoms with Gasteiger partial charge in [0.1, 0.15) is 5.82 Å². The van der Waals surface area contributed by atoms with Crippen LogP contribution < -0.4 is 10.9 Å². The van der Waals surface area contributed by atoms with E-state index in [1.54, 1.807) is 0 Å². The minimum Gasteiger partial charge on any atom is -0.381 e. The van der Waals surface area contributed by atoms with E-state index in [0.717, 1.165) is 17.7 Å². The summed E-state index contributed by atoms with van der Waals surface area (Å²) >= 11 is 0. The standard InChI is InChI=1S/C11H17N3O2/c1-7(12-2)10-13-9-4-6-16-5-3-8(9)11(15)14-10/h7,12H,3-6H2,1-2H3,(H,13,14,15). The number of aromatic amines is 1. The number of aromatic nitrogens is 2. The number of nitrogens with zero attached hydrogens (tertiary/aromatic N) is 1. The first-order chi connectivity index (χ1) is 7.72. The molecule has 1 aromatic rings. The summed E-state index contributed by atoms with van der Waals surface area (Å²) in [5.74, 6) is 0.702. The van der Waals surface area contributed by atoms with Gasteiger partial charge in [0.15, 0.2) is 0 Å². The second kappa shape index (κ2) is 4.76. The first-order valence-corrected chi connectivity index (χ1v) is 5.59. The number of rotatable bonds is 2. The van der Waals surface area contributed by atoms with Crippen molar-refractivity contribution in [3.63, 3.8) is 0 Å². The van der Waals surface area contributed by atoms with E-state index in [-0.39, 0.29) is 11.6 Å². The van der Waals surface area contributed by atoms with Crippen LogP contribution in [0.1, 0.15) is 30.0 Å². The third kappa shape index (κ3) is 2.15. The zero-order valence-corrected chi connectivity index (χ0v) is 9.67. The Bertz CT molecular complexity index is 428. The van der Waals surface area contributed by atoms with E-state index < -0.39 is 0 Å². The number of hydrogen-bond acceptors (Lipinski definition) is 4. The fourth-order valence-corrected chi connectivity index (χ4v) is 1.82. The van der Waals surface area contributed by atoms with Gasteiger partial charge in [0, 0.05) is 18.4 Å². The minimum absolute atomic E-state index is 0.0207. The van der Waals surface area contributed by atoms with Gasteiger partial charge in [0.25, 0.3) is 5.56 Å². The number of ether oxygens (including phenoxy) is 1. The van der Waals surface area contributed by atoms with Gasteiger partial charge in [-0.15, -0.1) is 0 Å². The van der Waals surface area contributed by atoms with Crippen LogP contribution in [0.3, 0.4) is 0 Å². The lowest BCUT2D eigenvalue weighted by molar-refractivity contribution is 0.146. The van der Waals surface area contributed by atoms with Gasteiger partial charge >= 0.3 is 0 Å². The van der Waals surface area contributed by atoms with E-state index >= 15 is 0 Å². The van der Waals surface area contributed by atoms with Gasteiger partial charge in [-0.25, -0.2) is 4.98 Å². The first-order valence-electron chi connectivity index (χ1n) is 5.59. The van der Waals surface area contributed by atoms with Crippen molar-refractivity contribution in [3.8, 4) is 0 Å². The molecule has 0 saturated heterocycles. The zero-order chi connectivity index (χ0) is 11.5. The third-order valence-electron chi connectivity index (χ3n) is 2.94. The fraction of sp³-hybridized carbons (Fsp3) is 0.636. The molecule has 0 bridgehead atoms. The molecule has 1 aromatic heterocycles. The highest BCUT2D eigenvalue weighted by Gasteiger charge is 2.16. The molecule has 2 rings (SSSR count). The van der Waals surface area contributed by atoms with E-state index in [1.807, 2.05) is 14.0 Å². The molecule has 0 fully saturated rings. The maximum absolute atomic E-state index is 11.9. The maximum atomic E-state index is 11.9. The van der Waals surface area contributed by atoms with Gasteiger partial charge in [0.2, 0.25) is 0 Å². The van der Waals surface area contributed by atoms with Gasteiger partial charge in [-0.3, -0.25) is 4.79 Å². The second-order valence-corrected chi connectivity index (χ2v) is 4.00. The largest absolute Gasteiger partial charge is 0.381 e. The lowest BCUT2D eigenvalue weighted by Crippen LogP contribution is -2.25. The van der Waals surface area contributed by atoms with Gasteiger partial charge in [-0.1, -0.05) is 0 Å². The predicted octanol–water partition coefficient (Wildman–Crippen LogP) is 0.165. The summed E-state index contributed by atoms with van der Waals surface area (Å²) in [5.41, 5.74) is 1.65. The van der Waals surface area contributed by atoms with Crippen LogP contribution in [0.15, 0.2) is 4.79 Å². The molecular weight excluding hydrogens is 206 g/mol. The van der Waals surface area contributed by atoms with Gasteiger partial charge in [0.05, 0.1) is 24.9 Å². The van der Waals surface area contributed by atoms with Gasteiger partial charge in [-0.05, 0) is 14.0 Å². The van der Waals surface area contributed by atoms with Crippen molar-refractivity contribution in [3.05, 3.63) is 27.4 Å². The zero-order valence-electron chi connectivity index (χ0n) is 9.67. The molecule has 0 amide bonds. The number of nitrogens with one attached hydrogen (secondary N) is 2. The summed E-state index contributed by atoms with van der Waals surface area (Å²) < 4.78 is 5.35. The molecule has 1 atom stereocenters. The Labute approximate surface area is 94.2 Å². The van der Waals surface area contributed by atoms with Crippen LogP contribution in [0.2, 0.25) is 0 Å². The molecule has 5 heteroatoms. The Balaban J connectivity index is 2.43. The molecule has 88 valence electrons. The Morgan fingerprint density at radius 2 is 2.19 bits per heavy atom. The first kappa shape index (κ1) is 11.3. The highest BCUT2D eigenvalue weighted by atomic mass is 16.5. The molecule has 1 unspecified atom stereocenters. The Morgan fingerprint density at radius 1 is 1.44 bits per heavy atom. The molecule has 1 aliphatic heterocycles. The summed E-state index contributed by atoms with van der Waals surface area (Å²) in [7, 11) is 1.85. The molecule has 0 aromatic carbocycles. The average molecular weight is 223 g/mol. The van der Waals surface area contributed by atoms with Crippen LogP contribution in [0, 0.1) is 0 Å². The smallest absolute Gasteiger partial charge is 0.254 e. The van der Waals surface area contributed by atoms with Crippen LogP contribution in [-0.4, -0.2) is 30.2 Å². The van der Waals surface area contributed by atoms with E-state index in [4.69, 9.17) is 4.74 Å². The van der Waals surface area contributed by atoms with E-state index in [2.05, 4.69) is 15.3 Å². The van der Waals surface area contributed by atoms with Crippen molar-refractivity contribution < 1.29 is 4.74 Å².